The van der Waals surface area contributed by atoms with Crippen molar-refractivity contribution in [1.29, 1.82) is 0 Å². The maximum Gasteiger partial charge on any atom is 0.319 e. The molecule has 2 amide bonds. The van der Waals surface area contributed by atoms with E-state index in [1.165, 1.54) is 7.11 Å². The average Bonchev–Trinajstić information content (AvgIpc) is 2.47. The van der Waals surface area contributed by atoms with Crippen molar-refractivity contribution in [3.63, 3.8) is 0 Å². The number of urea groups is 1. The highest BCUT2D eigenvalue weighted by atomic mass is 19.1. The number of aliphatic hydroxyl groups excluding tert-OH is 1. The topological polar surface area (TPSA) is 70.6 Å². The van der Waals surface area contributed by atoms with Crippen LogP contribution in [0, 0.1) is 23.0 Å². The predicted octanol–water partition coefficient (Wildman–Crippen LogP) is 3.14. The van der Waals surface area contributed by atoms with E-state index in [4.69, 9.17) is 0 Å². The van der Waals surface area contributed by atoms with Gasteiger partial charge in [0.25, 0.3) is 0 Å². The first-order chi connectivity index (χ1) is 10.6. The number of nitrogens with one attached hydrogen (secondary N) is 2. The highest BCUT2D eigenvalue weighted by Crippen LogP contribution is 2.26. The van der Waals surface area contributed by atoms with E-state index in [0.29, 0.717) is 0 Å². The van der Waals surface area contributed by atoms with Crippen LogP contribution in [0.4, 0.5) is 19.3 Å². The lowest BCUT2D eigenvalue weighted by atomic mass is 9.81. The van der Waals surface area contributed by atoms with Crippen LogP contribution in [0.25, 0.3) is 0 Å². The van der Waals surface area contributed by atoms with Crippen LogP contribution in [0.2, 0.25) is 0 Å². The van der Waals surface area contributed by atoms with Gasteiger partial charge in [0.15, 0.2) is 17.4 Å². The molecule has 0 aliphatic rings. The van der Waals surface area contributed by atoms with Gasteiger partial charge in [-0.2, -0.15) is 0 Å². The minimum atomic E-state index is -0.806. The van der Waals surface area contributed by atoms with Crippen LogP contribution in [0.15, 0.2) is 12.1 Å². The number of hydrogen-bond donors (Lipinski definition) is 3. The van der Waals surface area contributed by atoms with E-state index in [1.54, 1.807) is 0 Å². The molecule has 130 valence electrons. The van der Waals surface area contributed by atoms with Crippen LogP contribution in [-0.4, -0.2) is 30.9 Å². The van der Waals surface area contributed by atoms with Crippen molar-refractivity contribution in [3.05, 3.63) is 23.8 Å². The molecule has 7 heteroatoms. The zero-order valence-electron chi connectivity index (χ0n) is 14.0. The largest absolute Gasteiger partial charge is 0.494 e. The second-order valence-electron chi connectivity index (χ2n) is 6.45. The third-order valence-electron chi connectivity index (χ3n) is 3.63. The first-order valence-electron chi connectivity index (χ1n) is 7.34. The van der Waals surface area contributed by atoms with Crippen molar-refractivity contribution in [2.75, 3.05) is 19.0 Å². The smallest absolute Gasteiger partial charge is 0.319 e. The molecular formula is C16H24F2N2O3. The van der Waals surface area contributed by atoms with Crippen LogP contribution < -0.4 is 15.4 Å². The predicted molar refractivity (Wildman–Crippen MR) is 84.6 cm³/mol. The Hall–Kier alpha value is -1.89. The number of benzene rings is 1. The van der Waals surface area contributed by atoms with E-state index >= 15 is 0 Å². The molecule has 1 aromatic carbocycles. The van der Waals surface area contributed by atoms with Gasteiger partial charge in [-0.3, -0.25) is 0 Å². The van der Waals surface area contributed by atoms with Crippen molar-refractivity contribution in [2.45, 2.75) is 33.8 Å². The molecule has 0 spiro atoms. The fraction of sp³-hybridized carbons (Fsp3) is 0.562. The standard InChI is InChI=1S/C16H24F2N2O3/c1-9(2)14(21)16(3,4)8-19-15(22)20-12-6-11(18)13(23-5)7-10(12)17/h6-7,9,14,21H,8H2,1-5H3,(H2,19,20,22). The Morgan fingerprint density at radius 1 is 1.30 bits per heavy atom. The van der Waals surface area contributed by atoms with Crippen molar-refractivity contribution < 1.29 is 23.4 Å². The molecule has 0 bridgehead atoms. The summed E-state index contributed by atoms with van der Waals surface area (Å²) in [6, 6.07) is 1.02. The summed E-state index contributed by atoms with van der Waals surface area (Å²) in [5.41, 5.74) is -0.849. The van der Waals surface area contributed by atoms with Crippen molar-refractivity contribution in [3.8, 4) is 5.75 Å². The summed E-state index contributed by atoms with van der Waals surface area (Å²) in [6.45, 7) is 7.56. The minimum Gasteiger partial charge on any atom is -0.494 e. The minimum absolute atomic E-state index is 0.0305. The Morgan fingerprint density at radius 3 is 2.43 bits per heavy atom. The summed E-state index contributed by atoms with van der Waals surface area (Å²) in [7, 11) is 1.22. The molecule has 1 rings (SSSR count). The fourth-order valence-corrected chi connectivity index (χ4v) is 2.26. The van der Waals surface area contributed by atoms with Crippen molar-refractivity contribution in [2.24, 2.45) is 11.3 Å². The molecule has 5 nitrogen and oxygen atoms in total. The molecule has 0 aromatic heterocycles. The molecule has 0 heterocycles. The van der Waals surface area contributed by atoms with Gasteiger partial charge in [0.2, 0.25) is 0 Å². The van der Waals surface area contributed by atoms with E-state index in [1.807, 2.05) is 27.7 Å². The zero-order chi connectivity index (χ0) is 17.8. The molecule has 1 atom stereocenters. The number of rotatable bonds is 6. The highest BCUT2D eigenvalue weighted by molar-refractivity contribution is 5.89. The lowest BCUT2D eigenvalue weighted by Crippen LogP contribution is -2.44. The number of amides is 2. The van der Waals surface area contributed by atoms with Crippen LogP contribution in [0.1, 0.15) is 27.7 Å². The first-order valence-corrected chi connectivity index (χ1v) is 7.34. The molecular weight excluding hydrogens is 306 g/mol. The third kappa shape index (κ3) is 5.06. The molecule has 1 unspecified atom stereocenters. The average molecular weight is 330 g/mol. The highest BCUT2D eigenvalue weighted by Gasteiger charge is 2.30. The number of carbonyl (C=O) groups is 1. The van der Waals surface area contributed by atoms with Crippen molar-refractivity contribution >= 4 is 11.7 Å². The third-order valence-corrected chi connectivity index (χ3v) is 3.63. The molecule has 3 N–H and O–H groups in total. The number of ether oxygens (including phenoxy) is 1. The summed E-state index contributed by atoms with van der Waals surface area (Å²) in [4.78, 5) is 11.8. The van der Waals surface area contributed by atoms with Gasteiger partial charge in [-0.1, -0.05) is 27.7 Å². The van der Waals surface area contributed by atoms with Gasteiger partial charge in [0.1, 0.15) is 0 Å². The summed E-state index contributed by atoms with van der Waals surface area (Å²) in [6.07, 6.45) is -0.613. The summed E-state index contributed by atoms with van der Waals surface area (Å²) in [5.74, 6) is -1.79. The summed E-state index contributed by atoms with van der Waals surface area (Å²) >= 11 is 0. The van der Waals surface area contributed by atoms with Gasteiger partial charge in [0, 0.05) is 24.1 Å². The number of aliphatic hydroxyl groups is 1. The fourth-order valence-electron chi connectivity index (χ4n) is 2.26. The quantitative estimate of drug-likeness (QED) is 0.750. The lowest BCUT2D eigenvalue weighted by Gasteiger charge is -2.33. The molecule has 0 fully saturated rings. The molecule has 0 aliphatic carbocycles. The van der Waals surface area contributed by atoms with Gasteiger partial charge >= 0.3 is 6.03 Å². The zero-order valence-corrected chi connectivity index (χ0v) is 14.0. The summed E-state index contributed by atoms with van der Waals surface area (Å²) < 4.78 is 32.0. The maximum atomic E-state index is 13.8. The Morgan fingerprint density at radius 2 is 1.91 bits per heavy atom. The normalized spacial score (nSPS) is 12.9. The number of methoxy groups -OCH3 is 1. The Kier molecular flexibility index (Phi) is 6.32. The summed E-state index contributed by atoms with van der Waals surface area (Å²) in [5, 5.41) is 14.9. The first kappa shape index (κ1) is 19.2. The van der Waals surface area contributed by atoms with E-state index in [-0.39, 0.29) is 23.9 Å². The SMILES string of the molecule is COc1cc(F)c(NC(=O)NCC(C)(C)C(O)C(C)C)cc1F. The van der Waals surface area contributed by atoms with E-state index in [2.05, 4.69) is 15.4 Å². The molecule has 1 aromatic rings. The van der Waals surface area contributed by atoms with Crippen LogP contribution >= 0.6 is 0 Å². The monoisotopic (exact) mass is 330 g/mol. The molecule has 0 saturated heterocycles. The van der Waals surface area contributed by atoms with Gasteiger partial charge in [-0.05, 0) is 5.92 Å². The van der Waals surface area contributed by atoms with Crippen LogP contribution in [0.3, 0.4) is 0 Å². The molecule has 0 aliphatic heterocycles. The number of carbonyl (C=O) groups excluding carboxylic acids is 1. The maximum absolute atomic E-state index is 13.8. The van der Waals surface area contributed by atoms with Crippen molar-refractivity contribution in [1.82, 2.24) is 5.32 Å². The number of anilines is 1. The lowest BCUT2D eigenvalue weighted by molar-refractivity contribution is 0.0154. The Balaban J connectivity index is 2.69. The number of hydrogen-bond acceptors (Lipinski definition) is 3. The van der Waals surface area contributed by atoms with Gasteiger partial charge in [-0.15, -0.1) is 0 Å². The van der Waals surface area contributed by atoms with Crippen LogP contribution in [-0.2, 0) is 0 Å². The second kappa shape index (κ2) is 7.59. The Labute approximate surface area is 135 Å². The van der Waals surface area contributed by atoms with Gasteiger partial charge in [0.05, 0.1) is 18.9 Å². The number of halogens is 2. The van der Waals surface area contributed by atoms with E-state index < -0.39 is 29.2 Å². The second-order valence-corrected chi connectivity index (χ2v) is 6.45. The molecule has 0 radical (unpaired) electrons. The van der Waals surface area contributed by atoms with E-state index in [9.17, 15) is 18.7 Å². The Bertz CT molecular complexity index is 563. The van der Waals surface area contributed by atoms with E-state index in [0.717, 1.165) is 12.1 Å². The van der Waals surface area contributed by atoms with Gasteiger partial charge in [-0.25, -0.2) is 13.6 Å². The van der Waals surface area contributed by atoms with Gasteiger partial charge < -0.3 is 20.5 Å². The molecule has 23 heavy (non-hydrogen) atoms. The molecule has 0 saturated carbocycles. The van der Waals surface area contributed by atoms with Crippen LogP contribution in [0.5, 0.6) is 5.75 Å².